The highest BCUT2D eigenvalue weighted by Gasteiger charge is 2.30. The zero-order chi connectivity index (χ0) is 8.55. The van der Waals surface area contributed by atoms with E-state index in [2.05, 4.69) is 4.90 Å². The van der Waals surface area contributed by atoms with Gasteiger partial charge in [-0.1, -0.05) is 0 Å². The topological polar surface area (TPSA) is 29.3 Å². The number of nitrogens with zero attached hydrogens (tertiary/aromatic N) is 1. The van der Waals surface area contributed by atoms with E-state index in [-0.39, 0.29) is 6.04 Å². The highest BCUT2D eigenvalue weighted by molar-refractivity contribution is 4.86. The molecule has 3 heteroatoms. The molecule has 1 saturated carbocycles. The summed E-state index contributed by atoms with van der Waals surface area (Å²) in [6.07, 6.45) is 2.73. The molecule has 0 unspecified atom stereocenters. The Labute approximate surface area is 72.9 Å². The van der Waals surface area contributed by atoms with Crippen LogP contribution in [0.15, 0.2) is 0 Å². The summed E-state index contributed by atoms with van der Waals surface area (Å²) in [5, 5.41) is 0. The molecule has 0 bridgehead atoms. The van der Waals surface area contributed by atoms with Crippen molar-refractivity contribution < 1.29 is 4.39 Å². The van der Waals surface area contributed by atoms with E-state index in [9.17, 15) is 4.39 Å². The van der Waals surface area contributed by atoms with Crippen LogP contribution in [0.2, 0.25) is 0 Å². The number of nitrogens with two attached hydrogens (primary N) is 1. The third-order valence-electron chi connectivity index (χ3n) is 2.89. The lowest BCUT2D eigenvalue weighted by Crippen LogP contribution is -2.48. The van der Waals surface area contributed by atoms with Gasteiger partial charge in [0.1, 0.15) is 6.17 Å². The first-order valence-corrected chi connectivity index (χ1v) is 4.87. The van der Waals surface area contributed by atoms with Crippen molar-refractivity contribution in [1.29, 1.82) is 0 Å². The fourth-order valence-corrected chi connectivity index (χ4v) is 1.82. The van der Waals surface area contributed by atoms with Gasteiger partial charge >= 0.3 is 0 Å². The Kier molecular flexibility index (Phi) is 2.33. The van der Waals surface area contributed by atoms with Gasteiger partial charge in [-0.05, 0) is 31.7 Å². The first-order valence-electron chi connectivity index (χ1n) is 4.87. The molecule has 2 rings (SSSR count). The molecule has 0 aromatic rings. The second kappa shape index (κ2) is 3.30. The summed E-state index contributed by atoms with van der Waals surface area (Å²) >= 11 is 0. The molecule has 70 valence electrons. The van der Waals surface area contributed by atoms with Crippen molar-refractivity contribution in [3.05, 3.63) is 0 Å². The van der Waals surface area contributed by atoms with Gasteiger partial charge in [0.25, 0.3) is 0 Å². The lowest BCUT2D eigenvalue weighted by atomic mass is 10.0. The van der Waals surface area contributed by atoms with Crippen LogP contribution in [0.4, 0.5) is 4.39 Å². The van der Waals surface area contributed by atoms with Gasteiger partial charge in [-0.15, -0.1) is 0 Å². The van der Waals surface area contributed by atoms with Gasteiger partial charge in [-0.2, -0.15) is 0 Å². The van der Waals surface area contributed by atoms with E-state index < -0.39 is 6.17 Å². The number of rotatable bonds is 2. The molecule has 0 amide bonds. The molecule has 1 aliphatic carbocycles. The summed E-state index contributed by atoms with van der Waals surface area (Å²) in [5.41, 5.74) is 5.59. The minimum Gasteiger partial charge on any atom is -0.325 e. The minimum atomic E-state index is -0.794. The Morgan fingerprint density at radius 3 is 2.67 bits per heavy atom. The molecular weight excluding hydrogens is 155 g/mol. The molecule has 1 heterocycles. The third-order valence-corrected chi connectivity index (χ3v) is 2.89. The predicted octanol–water partition coefficient (Wildman–Crippen LogP) is 0.767. The molecule has 2 atom stereocenters. The summed E-state index contributed by atoms with van der Waals surface area (Å²) in [7, 11) is 0. The van der Waals surface area contributed by atoms with E-state index in [0.29, 0.717) is 6.54 Å². The Morgan fingerprint density at radius 1 is 1.33 bits per heavy atom. The molecule has 0 radical (unpaired) electrons. The van der Waals surface area contributed by atoms with Gasteiger partial charge < -0.3 is 10.6 Å². The number of hydrogen-bond donors (Lipinski definition) is 1. The van der Waals surface area contributed by atoms with Crippen molar-refractivity contribution in [1.82, 2.24) is 4.90 Å². The summed E-state index contributed by atoms with van der Waals surface area (Å²) in [5.74, 6) is 0.867. The first kappa shape index (κ1) is 8.45. The van der Waals surface area contributed by atoms with E-state index in [1.807, 2.05) is 0 Å². The third kappa shape index (κ3) is 1.96. The maximum atomic E-state index is 13.1. The standard InChI is InChI=1S/C9H17FN2/c10-8-6-12(4-3-9(8)11)5-7-1-2-7/h7-9H,1-6,11H2/t8-,9-/m0/s1. The smallest absolute Gasteiger partial charge is 0.128 e. The molecule has 1 aliphatic heterocycles. The number of likely N-dealkylation sites (tertiary alicyclic amines) is 1. The van der Waals surface area contributed by atoms with Gasteiger partial charge in [0.15, 0.2) is 0 Å². The van der Waals surface area contributed by atoms with E-state index >= 15 is 0 Å². The fraction of sp³-hybridized carbons (Fsp3) is 1.00. The molecule has 12 heavy (non-hydrogen) atoms. The lowest BCUT2D eigenvalue weighted by Gasteiger charge is -2.32. The van der Waals surface area contributed by atoms with Crippen LogP contribution in [-0.2, 0) is 0 Å². The van der Waals surface area contributed by atoms with Gasteiger partial charge in [0.2, 0.25) is 0 Å². The van der Waals surface area contributed by atoms with E-state index in [1.54, 1.807) is 0 Å². The van der Waals surface area contributed by atoms with Crippen LogP contribution in [0.3, 0.4) is 0 Å². The van der Waals surface area contributed by atoms with E-state index in [0.717, 1.165) is 25.4 Å². The van der Waals surface area contributed by atoms with Crippen molar-refractivity contribution in [2.75, 3.05) is 19.6 Å². The fourth-order valence-electron chi connectivity index (χ4n) is 1.82. The highest BCUT2D eigenvalue weighted by atomic mass is 19.1. The Bertz CT molecular complexity index is 159. The number of piperidine rings is 1. The zero-order valence-electron chi connectivity index (χ0n) is 7.38. The molecular formula is C9H17FN2. The lowest BCUT2D eigenvalue weighted by molar-refractivity contribution is 0.116. The maximum absolute atomic E-state index is 13.1. The molecule has 0 spiro atoms. The largest absolute Gasteiger partial charge is 0.325 e. The molecule has 2 nitrogen and oxygen atoms in total. The van der Waals surface area contributed by atoms with Crippen LogP contribution in [0, 0.1) is 5.92 Å². The Balaban J connectivity index is 1.76. The van der Waals surface area contributed by atoms with Gasteiger partial charge in [-0.25, -0.2) is 4.39 Å². The van der Waals surface area contributed by atoms with Gasteiger partial charge in [0, 0.05) is 19.1 Å². The SMILES string of the molecule is N[C@H]1CCN(CC2CC2)C[C@@H]1F. The highest BCUT2D eigenvalue weighted by Crippen LogP contribution is 2.30. The van der Waals surface area contributed by atoms with Gasteiger partial charge in [-0.3, -0.25) is 0 Å². The number of halogens is 1. The Hall–Kier alpha value is -0.150. The molecule has 2 N–H and O–H groups in total. The van der Waals surface area contributed by atoms with Crippen LogP contribution in [0.5, 0.6) is 0 Å². The average Bonchev–Trinajstić information content (AvgIpc) is 2.81. The Morgan fingerprint density at radius 2 is 2.08 bits per heavy atom. The van der Waals surface area contributed by atoms with E-state index in [1.165, 1.54) is 12.8 Å². The van der Waals surface area contributed by atoms with Crippen LogP contribution < -0.4 is 5.73 Å². The van der Waals surface area contributed by atoms with Crippen LogP contribution in [0.25, 0.3) is 0 Å². The predicted molar refractivity (Wildman–Crippen MR) is 46.7 cm³/mol. The minimum absolute atomic E-state index is 0.208. The summed E-state index contributed by atoms with van der Waals surface area (Å²) in [6.45, 7) is 2.67. The summed E-state index contributed by atoms with van der Waals surface area (Å²) in [6, 6.07) is -0.208. The van der Waals surface area contributed by atoms with E-state index in [4.69, 9.17) is 5.73 Å². The van der Waals surface area contributed by atoms with Crippen molar-refractivity contribution in [2.24, 2.45) is 11.7 Å². The molecule has 2 aliphatic rings. The number of alkyl halides is 1. The number of hydrogen-bond acceptors (Lipinski definition) is 2. The van der Waals surface area contributed by atoms with Crippen molar-refractivity contribution in [2.45, 2.75) is 31.5 Å². The molecule has 0 aromatic carbocycles. The van der Waals surface area contributed by atoms with Crippen LogP contribution in [0.1, 0.15) is 19.3 Å². The second-order valence-corrected chi connectivity index (χ2v) is 4.17. The normalized spacial score (nSPS) is 38.5. The van der Waals surface area contributed by atoms with Crippen molar-refractivity contribution in [3.8, 4) is 0 Å². The average molecular weight is 172 g/mol. The van der Waals surface area contributed by atoms with Gasteiger partial charge in [0.05, 0.1) is 0 Å². The first-order chi connectivity index (χ1) is 5.75. The van der Waals surface area contributed by atoms with Crippen molar-refractivity contribution >= 4 is 0 Å². The van der Waals surface area contributed by atoms with Crippen LogP contribution in [-0.4, -0.2) is 36.7 Å². The molecule has 1 saturated heterocycles. The molecule has 0 aromatic heterocycles. The second-order valence-electron chi connectivity index (χ2n) is 4.17. The quantitative estimate of drug-likeness (QED) is 0.666. The maximum Gasteiger partial charge on any atom is 0.128 e. The monoisotopic (exact) mass is 172 g/mol. The van der Waals surface area contributed by atoms with Crippen LogP contribution >= 0.6 is 0 Å². The summed E-state index contributed by atoms with van der Waals surface area (Å²) in [4.78, 5) is 2.23. The summed E-state index contributed by atoms with van der Waals surface area (Å²) < 4.78 is 13.1. The zero-order valence-corrected chi connectivity index (χ0v) is 7.38. The molecule has 2 fully saturated rings. The van der Waals surface area contributed by atoms with Crippen molar-refractivity contribution in [3.63, 3.8) is 0 Å².